The van der Waals surface area contributed by atoms with E-state index in [1.165, 1.54) is 28.2 Å². The summed E-state index contributed by atoms with van der Waals surface area (Å²) in [6.45, 7) is 5.32. The first-order valence-corrected chi connectivity index (χ1v) is 9.38. The van der Waals surface area contributed by atoms with Crippen LogP contribution in [0.3, 0.4) is 0 Å². The third-order valence-electron chi connectivity index (χ3n) is 4.21. The Morgan fingerprint density at radius 1 is 1.22 bits per heavy atom. The molecule has 3 aromatic rings. The van der Waals surface area contributed by atoms with Crippen molar-refractivity contribution in [3.05, 3.63) is 69.2 Å². The zero-order valence-electron chi connectivity index (χ0n) is 15.1. The highest BCUT2D eigenvalue weighted by Crippen LogP contribution is 2.20. The summed E-state index contributed by atoms with van der Waals surface area (Å²) < 4.78 is 28.7. The summed E-state index contributed by atoms with van der Waals surface area (Å²) in [7, 11) is 0. The number of carbonyl (C=O) groups excluding carboxylic acids is 1. The lowest BCUT2D eigenvalue weighted by atomic mass is 10.2. The maximum atomic E-state index is 14.0. The molecule has 0 atom stereocenters. The summed E-state index contributed by atoms with van der Waals surface area (Å²) in [6, 6.07) is 7.05. The van der Waals surface area contributed by atoms with Gasteiger partial charge in [-0.1, -0.05) is 6.07 Å². The van der Waals surface area contributed by atoms with Crippen molar-refractivity contribution in [2.75, 3.05) is 13.1 Å². The minimum absolute atomic E-state index is 0.0845. The van der Waals surface area contributed by atoms with Gasteiger partial charge in [-0.2, -0.15) is 5.10 Å². The number of hydrogen-bond donors (Lipinski definition) is 2. The van der Waals surface area contributed by atoms with E-state index in [2.05, 4.69) is 15.7 Å². The Bertz CT molecular complexity index is 938. The molecule has 2 heterocycles. The molecular formula is C19H20F2N4OS. The fraction of sp³-hybridized carbons (Fsp3) is 0.263. The van der Waals surface area contributed by atoms with E-state index >= 15 is 0 Å². The lowest BCUT2D eigenvalue weighted by Crippen LogP contribution is -2.31. The van der Waals surface area contributed by atoms with Gasteiger partial charge in [0, 0.05) is 37.0 Å². The Morgan fingerprint density at radius 2 is 2.04 bits per heavy atom. The monoisotopic (exact) mass is 390 g/mol. The molecule has 2 aromatic heterocycles. The average Bonchev–Trinajstić information content (AvgIpc) is 3.25. The molecule has 0 radical (unpaired) electrons. The van der Waals surface area contributed by atoms with Crippen LogP contribution in [0.4, 0.5) is 8.78 Å². The van der Waals surface area contributed by atoms with Gasteiger partial charge in [0.1, 0.15) is 11.5 Å². The van der Waals surface area contributed by atoms with Crippen molar-refractivity contribution in [1.29, 1.82) is 0 Å². The van der Waals surface area contributed by atoms with E-state index in [-0.39, 0.29) is 11.6 Å². The van der Waals surface area contributed by atoms with Crippen molar-refractivity contribution >= 4 is 17.2 Å². The number of aryl methyl sites for hydroxylation is 1. The molecule has 0 aliphatic rings. The van der Waals surface area contributed by atoms with Gasteiger partial charge in [0.2, 0.25) is 0 Å². The summed E-state index contributed by atoms with van der Waals surface area (Å²) in [4.78, 5) is 12.5. The number of nitrogens with one attached hydrogen (secondary N) is 2. The minimum atomic E-state index is -0.656. The summed E-state index contributed by atoms with van der Waals surface area (Å²) in [5.41, 5.74) is 2.72. The topological polar surface area (TPSA) is 59.0 Å². The van der Waals surface area contributed by atoms with E-state index in [1.54, 1.807) is 6.07 Å². The number of thiophene rings is 1. The van der Waals surface area contributed by atoms with E-state index in [9.17, 15) is 13.6 Å². The number of hydrogen-bond acceptors (Lipinski definition) is 4. The molecule has 8 heteroatoms. The van der Waals surface area contributed by atoms with Crippen LogP contribution >= 0.6 is 11.3 Å². The first-order valence-electron chi connectivity index (χ1n) is 8.50. The van der Waals surface area contributed by atoms with Crippen molar-refractivity contribution < 1.29 is 13.6 Å². The molecule has 0 aliphatic carbocycles. The molecule has 5 nitrogen and oxygen atoms in total. The maximum Gasteiger partial charge on any atom is 0.261 e. The van der Waals surface area contributed by atoms with Gasteiger partial charge >= 0.3 is 0 Å². The van der Waals surface area contributed by atoms with E-state index in [1.807, 2.05) is 25.3 Å². The molecule has 0 aliphatic heterocycles. The molecule has 142 valence electrons. The molecule has 0 spiro atoms. The van der Waals surface area contributed by atoms with Crippen molar-refractivity contribution in [3.63, 3.8) is 0 Å². The number of aromatic nitrogens is 2. The van der Waals surface area contributed by atoms with Gasteiger partial charge in [-0.25, -0.2) is 13.5 Å². The fourth-order valence-corrected chi connectivity index (χ4v) is 3.43. The lowest BCUT2D eigenvalue weighted by Gasteiger charge is -2.08. The first kappa shape index (κ1) is 19.2. The largest absolute Gasteiger partial charge is 0.350 e. The van der Waals surface area contributed by atoms with Crippen LogP contribution in [0.15, 0.2) is 35.7 Å². The molecule has 0 saturated heterocycles. The van der Waals surface area contributed by atoms with Crippen LogP contribution in [0.25, 0.3) is 5.69 Å². The standard InChI is InChI=1S/C19H20F2N4OS/c1-12-15(11-22-7-8-23-19(26)18-4-3-9-27-18)13(2)25(24-12)17-6-5-14(20)10-16(17)21/h3-6,9-10,22H,7-8,11H2,1-2H3,(H,23,26). The highest BCUT2D eigenvalue weighted by molar-refractivity contribution is 7.12. The van der Waals surface area contributed by atoms with Crippen LogP contribution < -0.4 is 10.6 Å². The van der Waals surface area contributed by atoms with Crippen LogP contribution in [0.5, 0.6) is 0 Å². The van der Waals surface area contributed by atoms with Gasteiger partial charge in [-0.15, -0.1) is 11.3 Å². The molecule has 0 saturated carbocycles. The molecule has 3 rings (SSSR count). The predicted octanol–water partition coefficient (Wildman–Crippen LogP) is 3.35. The molecule has 1 aromatic carbocycles. The zero-order valence-corrected chi connectivity index (χ0v) is 15.9. The summed E-state index contributed by atoms with van der Waals surface area (Å²) in [5.74, 6) is -1.36. The van der Waals surface area contributed by atoms with E-state index in [4.69, 9.17) is 0 Å². The summed E-state index contributed by atoms with van der Waals surface area (Å²) >= 11 is 1.40. The highest BCUT2D eigenvalue weighted by atomic mass is 32.1. The second-order valence-electron chi connectivity index (χ2n) is 6.07. The molecule has 0 bridgehead atoms. The van der Waals surface area contributed by atoms with Gasteiger partial charge < -0.3 is 10.6 Å². The Balaban J connectivity index is 1.58. The normalized spacial score (nSPS) is 11.0. The first-order chi connectivity index (χ1) is 13.0. The van der Waals surface area contributed by atoms with Crippen molar-refractivity contribution in [1.82, 2.24) is 20.4 Å². The minimum Gasteiger partial charge on any atom is -0.350 e. The average molecular weight is 390 g/mol. The molecular weight excluding hydrogens is 370 g/mol. The number of amides is 1. The third-order valence-corrected chi connectivity index (χ3v) is 5.08. The Kier molecular flexibility index (Phi) is 5.98. The molecule has 0 unspecified atom stereocenters. The SMILES string of the molecule is Cc1nn(-c2ccc(F)cc2F)c(C)c1CNCCNC(=O)c1cccs1. The van der Waals surface area contributed by atoms with Crippen LogP contribution in [0.2, 0.25) is 0 Å². The smallest absolute Gasteiger partial charge is 0.261 e. The molecule has 1 amide bonds. The molecule has 27 heavy (non-hydrogen) atoms. The van der Waals surface area contributed by atoms with Crippen molar-refractivity contribution in [2.24, 2.45) is 0 Å². The second kappa shape index (κ2) is 8.41. The van der Waals surface area contributed by atoms with Gasteiger partial charge in [0.25, 0.3) is 5.91 Å². The Morgan fingerprint density at radius 3 is 2.74 bits per heavy atom. The molecule has 2 N–H and O–H groups in total. The second-order valence-corrected chi connectivity index (χ2v) is 7.01. The quantitative estimate of drug-likeness (QED) is 0.609. The maximum absolute atomic E-state index is 14.0. The zero-order chi connectivity index (χ0) is 19.4. The summed E-state index contributed by atoms with van der Waals surface area (Å²) in [6.07, 6.45) is 0. The highest BCUT2D eigenvalue weighted by Gasteiger charge is 2.15. The van der Waals surface area contributed by atoms with Crippen LogP contribution in [0, 0.1) is 25.5 Å². The van der Waals surface area contributed by atoms with Gasteiger partial charge in [0.15, 0.2) is 5.82 Å². The van der Waals surface area contributed by atoms with Crippen LogP contribution in [-0.2, 0) is 6.54 Å². The van der Waals surface area contributed by atoms with Crippen molar-refractivity contribution in [2.45, 2.75) is 20.4 Å². The predicted molar refractivity (Wildman–Crippen MR) is 101 cm³/mol. The van der Waals surface area contributed by atoms with E-state index in [0.717, 1.165) is 23.0 Å². The third kappa shape index (κ3) is 4.40. The van der Waals surface area contributed by atoms with Crippen LogP contribution in [0.1, 0.15) is 26.6 Å². The number of rotatable bonds is 7. The van der Waals surface area contributed by atoms with Gasteiger partial charge in [0.05, 0.1) is 10.6 Å². The number of benzene rings is 1. The van der Waals surface area contributed by atoms with Crippen LogP contribution in [-0.4, -0.2) is 28.8 Å². The lowest BCUT2D eigenvalue weighted by molar-refractivity contribution is 0.0958. The number of halogens is 2. The van der Waals surface area contributed by atoms with E-state index < -0.39 is 11.6 Å². The number of carbonyl (C=O) groups is 1. The Hall–Kier alpha value is -2.58. The van der Waals surface area contributed by atoms with Gasteiger partial charge in [-0.05, 0) is 37.4 Å². The number of nitrogens with zero attached hydrogens (tertiary/aromatic N) is 2. The van der Waals surface area contributed by atoms with Gasteiger partial charge in [-0.3, -0.25) is 4.79 Å². The summed E-state index contributed by atoms with van der Waals surface area (Å²) in [5, 5.41) is 12.3. The fourth-order valence-electron chi connectivity index (χ4n) is 2.79. The van der Waals surface area contributed by atoms with Crippen molar-refractivity contribution in [3.8, 4) is 5.69 Å². The Labute approximate surface area is 160 Å². The molecule has 0 fully saturated rings. The van der Waals surface area contributed by atoms with E-state index in [0.29, 0.717) is 24.5 Å².